The van der Waals surface area contributed by atoms with Crippen molar-refractivity contribution >= 4 is 5.78 Å². The van der Waals surface area contributed by atoms with E-state index in [0.717, 1.165) is 0 Å². The van der Waals surface area contributed by atoms with Crippen molar-refractivity contribution in [2.24, 2.45) is 5.92 Å². The number of alkyl halides is 3. The summed E-state index contributed by atoms with van der Waals surface area (Å²) in [5.41, 5.74) is 0. The molecule has 0 radical (unpaired) electrons. The summed E-state index contributed by atoms with van der Waals surface area (Å²) in [6.07, 6.45) is -4.49. The molecule has 5 heteroatoms. The molecule has 0 aromatic heterocycles. The zero-order valence-electron chi connectivity index (χ0n) is 7.23. The molecule has 0 atom stereocenters. The Morgan fingerprint density at radius 3 is 2.38 bits per heavy atom. The number of rotatable bonds is 3. The number of hydrogen-bond donors (Lipinski definition) is 0. The molecular formula is C8H11F3O2. The first-order valence-electron chi connectivity index (χ1n) is 4.07. The van der Waals surface area contributed by atoms with Crippen LogP contribution >= 0.6 is 0 Å². The van der Waals surface area contributed by atoms with E-state index in [9.17, 15) is 18.0 Å². The van der Waals surface area contributed by atoms with Gasteiger partial charge in [-0.2, -0.15) is 13.2 Å². The molecule has 13 heavy (non-hydrogen) atoms. The van der Waals surface area contributed by atoms with Crippen LogP contribution in [-0.2, 0) is 9.53 Å². The van der Waals surface area contributed by atoms with Crippen molar-refractivity contribution in [1.29, 1.82) is 0 Å². The molecule has 1 saturated carbocycles. The number of carbonyl (C=O) groups excluding carboxylic acids is 1. The third-order valence-corrected chi connectivity index (χ3v) is 2.08. The topological polar surface area (TPSA) is 26.3 Å². The summed E-state index contributed by atoms with van der Waals surface area (Å²) in [7, 11) is 0. The largest absolute Gasteiger partial charge is 0.392 e. The number of ketones is 1. The van der Waals surface area contributed by atoms with Crippen molar-refractivity contribution in [3.8, 4) is 0 Å². The van der Waals surface area contributed by atoms with Gasteiger partial charge in [0.05, 0.1) is 12.0 Å². The van der Waals surface area contributed by atoms with Crippen LogP contribution in [0.1, 0.15) is 19.8 Å². The fourth-order valence-electron chi connectivity index (χ4n) is 1.20. The van der Waals surface area contributed by atoms with Crippen LogP contribution < -0.4 is 0 Å². The van der Waals surface area contributed by atoms with E-state index < -0.39 is 12.1 Å². The Kier molecular flexibility index (Phi) is 2.95. The summed E-state index contributed by atoms with van der Waals surface area (Å²) < 4.78 is 40.8. The highest BCUT2D eigenvalue weighted by Crippen LogP contribution is 2.42. The summed E-state index contributed by atoms with van der Waals surface area (Å²) in [6.45, 7) is 1.27. The SMILES string of the molecule is CC(=O)COC1CC(C(F)(F)F)C1. The van der Waals surface area contributed by atoms with Gasteiger partial charge in [-0.3, -0.25) is 4.79 Å². The zero-order valence-corrected chi connectivity index (χ0v) is 7.23. The first-order chi connectivity index (χ1) is 5.89. The molecule has 0 aromatic carbocycles. The Balaban J connectivity index is 2.15. The third kappa shape index (κ3) is 2.99. The summed E-state index contributed by atoms with van der Waals surface area (Å²) in [6, 6.07) is 0. The fourth-order valence-corrected chi connectivity index (χ4v) is 1.20. The van der Waals surface area contributed by atoms with Crippen molar-refractivity contribution in [2.45, 2.75) is 32.0 Å². The second kappa shape index (κ2) is 3.65. The van der Waals surface area contributed by atoms with Crippen molar-refractivity contribution in [3.05, 3.63) is 0 Å². The molecule has 1 aliphatic carbocycles. The second-order valence-corrected chi connectivity index (χ2v) is 3.34. The van der Waals surface area contributed by atoms with E-state index in [1.165, 1.54) is 6.92 Å². The smallest absolute Gasteiger partial charge is 0.370 e. The molecule has 0 bridgehead atoms. The van der Waals surface area contributed by atoms with Crippen LogP contribution in [0.5, 0.6) is 0 Å². The third-order valence-electron chi connectivity index (χ3n) is 2.08. The van der Waals surface area contributed by atoms with E-state index in [2.05, 4.69) is 0 Å². The molecule has 1 rings (SSSR count). The zero-order chi connectivity index (χ0) is 10.1. The van der Waals surface area contributed by atoms with Crippen LogP contribution in [-0.4, -0.2) is 24.7 Å². The lowest BCUT2D eigenvalue weighted by atomic mass is 9.82. The molecular weight excluding hydrogens is 185 g/mol. The van der Waals surface area contributed by atoms with Gasteiger partial charge in [-0.15, -0.1) is 0 Å². The van der Waals surface area contributed by atoms with E-state index in [-0.39, 0.29) is 31.3 Å². The van der Waals surface area contributed by atoms with Gasteiger partial charge in [0.15, 0.2) is 5.78 Å². The monoisotopic (exact) mass is 196 g/mol. The maximum Gasteiger partial charge on any atom is 0.392 e. The van der Waals surface area contributed by atoms with Crippen LogP contribution in [0.3, 0.4) is 0 Å². The minimum absolute atomic E-state index is 0.00319. The van der Waals surface area contributed by atoms with Crippen molar-refractivity contribution < 1.29 is 22.7 Å². The normalized spacial score (nSPS) is 28.3. The fraction of sp³-hybridized carbons (Fsp3) is 0.875. The lowest BCUT2D eigenvalue weighted by Gasteiger charge is -2.35. The van der Waals surface area contributed by atoms with Gasteiger partial charge in [0, 0.05) is 0 Å². The molecule has 0 aromatic rings. The number of hydrogen-bond acceptors (Lipinski definition) is 2. The molecule has 2 nitrogen and oxygen atoms in total. The van der Waals surface area contributed by atoms with Gasteiger partial charge in [-0.05, 0) is 19.8 Å². The highest BCUT2D eigenvalue weighted by Gasteiger charge is 2.48. The summed E-state index contributed by atoms with van der Waals surface area (Å²) in [5.74, 6) is -1.39. The molecule has 0 aliphatic heterocycles. The van der Waals surface area contributed by atoms with E-state index >= 15 is 0 Å². The quantitative estimate of drug-likeness (QED) is 0.689. The molecule has 1 fully saturated rings. The molecule has 0 saturated heterocycles. The molecule has 0 N–H and O–H groups in total. The molecule has 0 spiro atoms. The van der Waals surface area contributed by atoms with Gasteiger partial charge < -0.3 is 4.74 Å². The Labute approximate surface area is 74.1 Å². The predicted molar refractivity (Wildman–Crippen MR) is 39.2 cm³/mol. The average Bonchev–Trinajstić information content (AvgIpc) is 1.79. The average molecular weight is 196 g/mol. The van der Waals surface area contributed by atoms with Crippen LogP contribution in [0.25, 0.3) is 0 Å². The molecule has 0 amide bonds. The highest BCUT2D eigenvalue weighted by molar-refractivity contribution is 5.76. The molecule has 1 aliphatic rings. The lowest BCUT2D eigenvalue weighted by molar-refractivity contribution is -0.219. The number of Topliss-reactive ketones (excluding diaryl/α,β-unsaturated/α-hetero) is 1. The first-order valence-corrected chi connectivity index (χ1v) is 4.07. The summed E-state index contributed by atoms with van der Waals surface area (Å²) >= 11 is 0. The van der Waals surface area contributed by atoms with E-state index in [4.69, 9.17) is 4.74 Å². The van der Waals surface area contributed by atoms with Crippen LogP contribution in [0.15, 0.2) is 0 Å². The minimum atomic E-state index is -4.10. The van der Waals surface area contributed by atoms with Crippen LogP contribution in [0, 0.1) is 5.92 Å². The van der Waals surface area contributed by atoms with Crippen molar-refractivity contribution in [3.63, 3.8) is 0 Å². The predicted octanol–water partition coefficient (Wildman–Crippen LogP) is 1.93. The van der Waals surface area contributed by atoms with Crippen LogP contribution in [0.4, 0.5) is 13.2 Å². The minimum Gasteiger partial charge on any atom is -0.370 e. The lowest BCUT2D eigenvalue weighted by Crippen LogP contribution is -2.41. The Hall–Kier alpha value is -0.580. The number of carbonyl (C=O) groups is 1. The van der Waals surface area contributed by atoms with Gasteiger partial charge in [0.25, 0.3) is 0 Å². The number of ether oxygens (including phenoxy) is 1. The van der Waals surface area contributed by atoms with Gasteiger partial charge in [0.1, 0.15) is 6.61 Å². The summed E-state index contributed by atoms with van der Waals surface area (Å²) in [4.78, 5) is 10.4. The van der Waals surface area contributed by atoms with E-state index in [0.29, 0.717) is 0 Å². The van der Waals surface area contributed by atoms with Gasteiger partial charge in [0.2, 0.25) is 0 Å². The van der Waals surface area contributed by atoms with Gasteiger partial charge in [-0.25, -0.2) is 0 Å². The number of halogens is 3. The maximum absolute atomic E-state index is 12.0. The first kappa shape index (κ1) is 10.5. The molecule has 76 valence electrons. The maximum atomic E-state index is 12.0. The van der Waals surface area contributed by atoms with Crippen LogP contribution in [0.2, 0.25) is 0 Å². The van der Waals surface area contributed by atoms with Gasteiger partial charge in [-0.1, -0.05) is 0 Å². The van der Waals surface area contributed by atoms with E-state index in [1.54, 1.807) is 0 Å². The second-order valence-electron chi connectivity index (χ2n) is 3.34. The van der Waals surface area contributed by atoms with Gasteiger partial charge >= 0.3 is 6.18 Å². The van der Waals surface area contributed by atoms with E-state index in [1.807, 2.05) is 0 Å². The van der Waals surface area contributed by atoms with Crippen molar-refractivity contribution in [2.75, 3.05) is 6.61 Å². The highest BCUT2D eigenvalue weighted by atomic mass is 19.4. The Morgan fingerprint density at radius 2 is 2.00 bits per heavy atom. The Morgan fingerprint density at radius 1 is 1.46 bits per heavy atom. The van der Waals surface area contributed by atoms with Crippen molar-refractivity contribution in [1.82, 2.24) is 0 Å². The molecule has 0 heterocycles. The Bertz CT molecular complexity index is 194. The summed E-state index contributed by atoms with van der Waals surface area (Å²) in [5, 5.41) is 0. The molecule has 0 unspecified atom stereocenters. The standard InChI is InChI=1S/C8H11F3O2/c1-5(12)4-13-7-2-6(3-7)8(9,10)11/h6-7H,2-4H2,1H3.